The fourth-order valence-electron chi connectivity index (χ4n) is 3.64. The molecule has 0 bridgehead atoms. The highest BCUT2D eigenvalue weighted by molar-refractivity contribution is 7.95. The van der Waals surface area contributed by atoms with Crippen molar-refractivity contribution >= 4 is 37.7 Å². The van der Waals surface area contributed by atoms with Crippen molar-refractivity contribution in [2.24, 2.45) is 5.92 Å². The second-order valence-electron chi connectivity index (χ2n) is 7.24. The SMILES string of the molecule is Cc1ccc(O)cc1Nc1ccnc2cc3c(cc12)S(=O)(=O)C=C3C1CC1. The predicted octanol–water partition coefficient (Wildman–Crippen LogP) is 4.53. The van der Waals surface area contributed by atoms with Gasteiger partial charge in [0.25, 0.3) is 0 Å². The lowest BCUT2D eigenvalue weighted by Gasteiger charge is -2.13. The minimum absolute atomic E-state index is 0.170. The summed E-state index contributed by atoms with van der Waals surface area (Å²) in [5, 5.41) is 15.3. The molecule has 27 heavy (non-hydrogen) atoms. The third-order valence-electron chi connectivity index (χ3n) is 5.25. The molecule has 0 spiro atoms. The van der Waals surface area contributed by atoms with Gasteiger partial charge in [-0.1, -0.05) is 6.07 Å². The molecule has 1 saturated carbocycles. The van der Waals surface area contributed by atoms with Gasteiger partial charge in [0.05, 0.1) is 10.4 Å². The Morgan fingerprint density at radius 3 is 2.70 bits per heavy atom. The van der Waals surface area contributed by atoms with Crippen molar-refractivity contribution in [3.63, 3.8) is 0 Å². The van der Waals surface area contributed by atoms with Gasteiger partial charge in [-0.15, -0.1) is 0 Å². The summed E-state index contributed by atoms with van der Waals surface area (Å²) in [7, 11) is -3.41. The van der Waals surface area contributed by atoms with Crippen molar-refractivity contribution in [3.05, 3.63) is 59.1 Å². The molecule has 2 aliphatic rings. The van der Waals surface area contributed by atoms with Crippen molar-refractivity contribution in [1.29, 1.82) is 0 Å². The van der Waals surface area contributed by atoms with Crippen LogP contribution in [0.3, 0.4) is 0 Å². The van der Waals surface area contributed by atoms with Crippen LogP contribution in [0.25, 0.3) is 16.5 Å². The summed E-state index contributed by atoms with van der Waals surface area (Å²) in [5.74, 6) is 0.526. The average molecular weight is 378 g/mol. The van der Waals surface area contributed by atoms with E-state index in [1.807, 2.05) is 25.1 Å². The Morgan fingerprint density at radius 1 is 1.11 bits per heavy atom. The van der Waals surface area contributed by atoms with E-state index < -0.39 is 9.84 Å². The highest BCUT2D eigenvalue weighted by atomic mass is 32.2. The second-order valence-corrected chi connectivity index (χ2v) is 9.01. The van der Waals surface area contributed by atoms with Gasteiger partial charge in [-0.05, 0) is 66.6 Å². The minimum Gasteiger partial charge on any atom is -0.508 e. The molecule has 1 aromatic heterocycles. The zero-order valence-electron chi connectivity index (χ0n) is 14.7. The normalized spacial score (nSPS) is 17.6. The quantitative estimate of drug-likeness (QED) is 0.700. The Kier molecular flexibility index (Phi) is 3.37. The monoisotopic (exact) mass is 378 g/mol. The van der Waals surface area contributed by atoms with Gasteiger partial charge in [0.1, 0.15) is 5.75 Å². The van der Waals surface area contributed by atoms with E-state index in [1.54, 1.807) is 24.4 Å². The molecule has 0 saturated heterocycles. The number of fused-ring (bicyclic) bond motifs is 2. The highest BCUT2D eigenvalue weighted by Gasteiger charge is 2.36. The van der Waals surface area contributed by atoms with Gasteiger partial charge >= 0.3 is 0 Å². The number of benzene rings is 2. The third kappa shape index (κ3) is 2.68. The summed E-state index contributed by atoms with van der Waals surface area (Å²) in [6, 6.07) is 10.5. The van der Waals surface area contributed by atoms with E-state index >= 15 is 0 Å². The summed E-state index contributed by atoms with van der Waals surface area (Å²) < 4.78 is 25.3. The van der Waals surface area contributed by atoms with E-state index in [1.165, 1.54) is 5.41 Å². The van der Waals surface area contributed by atoms with E-state index in [-0.39, 0.29) is 5.75 Å². The summed E-state index contributed by atoms with van der Waals surface area (Å²) in [5.41, 5.74) is 4.97. The summed E-state index contributed by atoms with van der Waals surface area (Å²) >= 11 is 0. The van der Waals surface area contributed by atoms with Gasteiger partial charge in [-0.3, -0.25) is 4.98 Å². The van der Waals surface area contributed by atoms with Crippen LogP contribution in [0, 0.1) is 12.8 Å². The Balaban J connectivity index is 1.67. The van der Waals surface area contributed by atoms with Gasteiger partial charge in [-0.25, -0.2) is 8.42 Å². The molecule has 1 aliphatic carbocycles. The third-order valence-corrected chi connectivity index (χ3v) is 6.77. The van der Waals surface area contributed by atoms with Crippen molar-refractivity contribution < 1.29 is 13.5 Å². The Morgan fingerprint density at radius 2 is 1.93 bits per heavy atom. The van der Waals surface area contributed by atoms with Crippen LogP contribution < -0.4 is 5.32 Å². The van der Waals surface area contributed by atoms with Crippen molar-refractivity contribution in [2.75, 3.05) is 5.32 Å². The number of nitrogens with zero attached hydrogens (tertiary/aromatic N) is 1. The first kappa shape index (κ1) is 16.3. The number of rotatable bonds is 3. The lowest BCUT2D eigenvalue weighted by Crippen LogP contribution is -1.98. The Hall–Kier alpha value is -2.86. The number of nitrogens with one attached hydrogen (secondary N) is 1. The lowest BCUT2D eigenvalue weighted by atomic mass is 10.0. The molecule has 2 aromatic carbocycles. The predicted molar refractivity (Wildman–Crippen MR) is 106 cm³/mol. The molecule has 0 radical (unpaired) electrons. The number of allylic oxidation sites excluding steroid dienone is 1. The molecule has 3 aromatic rings. The van der Waals surface area contributed by atoms with Crippen LogP contribution in [0.5, 0.6) is 5.75 Å². The van der Waals surface area contributed by atoms with E-state index in [4.69, 9.17) is 0 Å². The molecular weight excluding hydrogens is 360 g/mol. The highest BCUT2D eigenvalue weighted by Crippen LogP contribution is 2.49. The molecule has 0 amide bonds. The number of hydrogen-bond donors (Lipinski definition) is 2. The van der Waals surface area contributed by atoms with Crippen molar-refractivity contribution in [3.8, 4) is 5.75 Å². The molecule has 1 aliphatic heterocycles. The maximum atomic E-state index is 12.7. The number of aryl methyl sites for hydroxylation is 1. The first-order valence-corrected chi connectivity index (χ1v) is 10.4. The van der Waals surface area contributed by atoms with Gasteiger partial charge in [0.2, 0.25) is 9.84 Å². The Labute approximate surface area is 157 Å². The van der Waals surface area contributed by atoms with Crippen LogP contribution in [-0.4, -0.2) is 18.5 Å². The van der Waals surface area contributed by atoms with Crippen LogP contribution >= 0.6 is 0 Å². The molecule has 6 heteroatoms. The summed E-state index contributed by atoms with van der Waals surface area (Å²) in [6.45, 7) is 1.94. The minimum atomic E-state index is -3.41. The molecular formula is C21H18N2O3S. The van der Waals surface area contributed by atoms with E-state index in [2.05, 4.69) is 10.3 Å². The molecule has 5 nitrogen and oxygen atoms in total. The van der Waals surface area contributed by atoms with E-state index in [9.17, 15) is 13.5 Å². The summed E-state index contributed by atoms with van der Waals surface area (Å²) in [6.07, 6.45) is 3.80. The molecule has 5 rings (SSSR count). The molecule has 2 N–H and O–H groups in total. The van der Waals surface area contributed by atoms with Crippen LogP contribution in [0.15, 0.2) is 52.9 Å². The molecule has 0 unspecified atom stereocenters. The summed E-state index contributed by atoms with van der Waals surface area (Å²) in [4.78, 5) is 4.81. The fraction of sp³-hybridized carbons (Fsp3) is 0.190. The number of pyridine rings is 1. The Bertz CT molecular complexity index is 1240. The van der Waals surface area contributed by atoms with Gasteiger partial charge in [0.15, 0.2) is 0 Å². The van der Waals surface area contributed by atoms with Crippen LogP contribution in [0.1, 0.15) is 24.0 Å². The maximum absolute atomic E-state index is 12.7. The number of sulfone groups is 1. The number of aromatic hydroxyl groups is 1. The first-order chi connectivity index (χ1) is 12.9. The zero-order valence-corrected chi connectivity index (χ0v) is 15.5. The number of phenolic OH excluding ortho intramolecular Hbond substituents is 1. The molecule has 1 fully saturated rings. The zero-order chi connectivity index (χ0) is 18.8. The molecule has 136 valence electrons. The average Bonchev–Trinajstić information content (AvgIpc) is 3.43. The van der Waals surface area contributed by atoms with E-state index in [0.29, 0.717) is 10.8 Å². The largest absolute Gasteiger partial charge is 0.508 e. The van der Waals surface area contributed by atoms with Gasteiger partial charge in [0, 0.05) is 34.4 Å². The van der Waals surface area contributed by atoms with Crippen molar-refractivity contribution in [1.82, 2.24) is 4.98 Å². The van der Waals surface area contributed by atoms with Gasteiger partial charge < -0.3 is 10.4 Å². The van der Waals surface area contributed by atoms with Crippen molar-refractivity contribution in [2.45, 2.75) is 24.7 Å². The standard InChI is InChI=1S/C21H18N2O3S/c1-12-2-5-14(24)8-19(12)23-18-6-7-22-20-9-15-17(13-3-4-13)11-27(25,26)21(15)10-16(18)20/h2,5-11,13,24H,3-4H2,1H3,(H,22,23). The number of aromatic nitrogens is 1. The molecule has 0 atom stereocenters. The topological polar surface area (TPSA) is 79.3 Å². The van der Waals surface area contributed by atoms with Gasteiger partial charge in [-0.2, -0.15) is 0 Å². The number of phenols is 1. The smallest absolute Gasteiger partial charge is 0.200 e. The maximum Gasteiger partial charge on any atom is 0.200 e. The van der Waals surface area contributed by atoms with Crippen LogP contribution in [-0.2, 0) is 9.84 Å². The molecule has 2 heterocycles. The second kappa shape index (κ2) is 5.57. The lowest BCUT2D eigenvalue weighted by molar-refractivity contribution is 0.475. The first-order valence-electron chi connectivity index (χ1n) is 8.89. The fourth-order valence-corrected chi connectivity index (χ4v) is 5.18. The number of anilines is 2. The van der Waals surface area contributed by atoms with Crippen LogP contribution in [0.4, 0.5) is 11.4 Å². The van der Waals surface area contributed by atoms with E-state index in [0.717, 1.165) is 51.8 Å². The van der Waals surface area contributed by atoms with Crippen LogP contribution in [0.2, 0.25) is 0 Å². The number of hydrogen-bond acceptors (Lipinski definition) is 5.